The SMILES string of the molecule is CC(C)(C)OC(=O)Nc1sc2c(F)cnc(-c3c4c(c5cnc(OCC6(CN7CCCOCC7)CC6)nc5c3F)COC4)c2c1C#N. The molecule has 0 unspecified atom stereocenters. The van der Waals surface area contributed by atoms with Gasteiger partial charge in [-0.3, -0.25) is 10.3 Å². The van der Waals surface area contributed by atoms with Gasteiger partial charge in [-0.15, -0.1) is 11.3 Å². The Morgan fingerprint density at radius 1 is 1.15 bits per heavy atom. The van der Waals surface area contributed by atoms with E-state index in [1.165, 1.54) is 0 Å². The van der Waals surface area contributed by atoms with Gasteiger partial charge in [-0.1, -0.05) is 0 Å². The van der Waals surface area contributed by atoms with Crippen molar-refractivity contribution in [2.24, 2.45) is 5.41 Å². The minimum atomic E-state index is -0.806. The first kappa shape index (κ1) is 31.6. The van der Waals surface area contributed by atoms with Gasteiger partial charge in [0.2, 0.25) is 0 Å². The molecule has 14 heteroatoms. The van der Waals surface area contributed by atoms with Gasteiger partial charge in [-0.25, -0.2) is 18.6 Å². The number of carbonyl (C=O) groups is 1. The second-order valence-corrected chi connectivity index (χ2v) is 14.3. The van der Waals surface area contributed by atoms with Crippen molar-refractivity contribution < 1.29 is 32.5 Å². The van der Waals surface area contributed by atoms with Crippen LogP contribution in [0.5, 0.6) is 6.01 Å². The molecule has 3 aliphatic rings. The first-order valence-corrected chi connectivity index (χ1v) is 16.4. The van der Waals surface area contributed by atoms with Crippen LogP contribution in [0.1, 0.15) is 56.7 Å². The third-order valence-corrected chi connectivity index (χ3v) is 9.76. The normalized spacial score (nSPS) is 17.7. The monoisotopic (exact) mass is 664 g/mol. The van der Waals surface area contributed by atoms with Crippen LogP contribution in [-0.4, -0.2) is 71.0 Å². The Hall–Kier alpha value is -4.03. The first-order chi connectivity index (χ1) is 22.6. The minimum absolute atomic E-state index is 0.000529. The summed E-state index contributed by atoms with van der Waals surface area (Å²) in [5, 5.41) is 13.4. The number of carbonyl (C=O) groups excluding carboxylic acids is 1. The summed E-state index contributed by atoms with van der Waals surface area (Å²) in [6.07, 6.45) is 4.78. The summed E-state index contributed by atoms with van der Waals surface area (Å²) in [5.41, 5.74) is 0.470. The molecule has 0 spiro atoms. The Bertz CT molecular complexity index is 1930. The van der Waals surface area contributed by atoms with Gasteiger partial charge in [0.25, 0.3) is 0 Å². The number of fused-ring (bicyclic) bond motifs is 4. The summed E-state index contributed by atoms with van der Waals surface area (Å²) in [6, 6.07) is 2.11. The lowest BCUT2D eigenvalue weighted by molar-refractivity contribution is 0.0636. The first-order valence-electron chi connectivity index (χ1n) is 15.6. The van der Waals surface area contributed by atoms with E-state index in [-0.39, 0.29) is 62.1 Å². The fourth-order valence-corrected chi connectivity index (χ4v) is 7.28. The van der Waals surface area contributed by atoms with E-state index in [1.807, 2.05) is 0 Å². The number of thiophene rings is 1. The summed E-state index contributed by atoms with van der Waals surface area (Å²) in [7, 11) is 0. The van der Waals surface area contributed by atoms with Gasteiger partial charge in [-0.05, 0) is 51.2 Å². The molecule has 11 nitrogen and oxygen atoms in total. The molecule has 0 atom stereocenters. The van der Waals surface area contributed by atoms with Crippen molar-refractivity contribution in [3.05, 3.63) is 40.7 Å². The van der Waals surface area contributed by atoms with Crippen molar-refractivity contribution in [2.75, 3.05) is 44.8 Å². The maximum absolute atomic E-state index is 16.8. The van der Waals surface area contributed by atoms with Crippen LogP contribution in [0.15, 0.2) is 12.4 Å². The predicted octanol–water partition coefficient (Wildman–Crippen LogP) is 6.31. The number of anilines is 1. The van der Waals surface area contributed by atoms with Gasteiger partial charge in [0.1, 0.15) is 22.2 Å². The van der Waals surface area contributed by atoms with E-state index in [0.29, 0.717) is 23.1 Å². The molecule has 0 radical (unpaired) electrons. The van der Waals surface area contributed by atoms with Crippen LogP contribution in [-0.2, 0) is 27.4 Å². The number of aromatic nitrogens is 3. The van der Waals surface area contributed by atoms with Gasteiger partial charge in [0.05, 0.1) is 48.6 Å². The van der Waals surface area contributed by atoms with E-state index in [1.54, 1.807) is 27.0 Å². The van der Waals surface area contributed by atoms with Gasteiger partial charge >= 0.3 is 12.1 Å². The van der Waals surface area contributed by atoms with Crippen LogP contribution in [0.25, 0.3) is 32.2 Å². The maximum Gasteiger partial charge on any atom is 0.412 e. The number of halogens is 2. The Kier molecular flexibility index (Phi) is 8.20. The lowest BCUT2D eigenvalue weighted by Crippen LogP contribution is -2.35. The number of benzene rings is 1. The van der Waals surface area contributed by atoms with Gasteiger partial charge in [-0.2, -0.15) is 10.2 Å². The summed E-state index contributed by atoms with van der Waals surface area (Å²) in [6.45, 7) is 10.0. The Labute approximate surface area is 273 Å². The number of amides is 1. The molecule has 1 aromatic carbocycles. The van der Waals surface area contributed by atoms with Crippen LogP contribution in [0.2, 0.25) is 0 Å². The molecule has 0 bridgehead atoms. The molecule has 7 rings (SSSR count). The van der Waals surface area contributed by atoms with Crippen molar-refractivity contribution in [1.82, 2.24) is 19.9 Å². The zero-order valence-corrected chi connectivity index (χ0v) is 27.2. The molecule has 1 aliphatic carbocycles. The molecule has 1 N–H and O–H groups in total. The van der Waals surface area contributed by atoms with Crippen molar-refractivity contribution in [2.45, 2.75) is 58.8 Å². The number of pyridine rings is 1. The number of nitrogens with one attached hydrogen (secondary N) is 1. The molecule has 47 heavy (non-hydrogen) atoms. The van der Waals surface area contributed by atoms with E-state index in [0.717, 1.165) is 69.6 Å². The van der Waals surface area contributed by atoms with Crippen LogP contribution < -0.4 is 10.1 Å². The number of hydrogen-bond acceptors (Lipinski definition) is 11. The highest BCUT2D eigenvalue weighted by atomic mass is 32.1. The molecule has 1 amide bonds. The highest BCUT2D eigenvalue weighted by molar-refractivity contribution is 7.23. The number of nitrogens with zero attached hydrogens (tertiary/aromatic N) is 5. The van der Waals surface area contributed by atoms with Crippen molar-refractivity contribution >= 4 is 43.4 Å². The topological polar surface area (TPSA) is 132 Å². The van der Waals surface area contributed by atoms with E-state index in [9.17, 15) is 10.1 Å². The zero-order valence-electron chi connectivity index (χ0n) is 26.4. The predicted molar refractivity (Wildman–Crippen MR) is 170 cm³/mol. The standard InChI is InChI=1S/C33H34F2N6O5S/c1-32(2,3)46-31(42)40-29-18(11-36)24-27(37-13-22(34)28(24)47-29)23-21-15-44-14-20(21)19-12-38-30(39-26(19)25(23)35)45-17-33(5-6-33)16-41-7-4-9-43-10-8-41/h12-13H,4-10,14-17H2,1-3H3,(H,40,42). The van der Waals surface area contributed by atoms with Gasteiger partial charge in [0, 0.05) is 54.2 Å². The average molecular weight is 665 g/mol. The molecule has 246 valence electrons. The van der Waals surface area contributed by atoms with E-state index >= 15 is 8.78 Å². The van der Waals surface area contributed by atoms with E-state index < -0.39 is 23.3 Å². The van der Waals surface area contributed by atoms with Crippen molar-refractivity contribution in [3.63, 3.8) is 0 Å². The lowest BCUT2D eigenvalue weighted by Gasteiger charge is -2.25. The van der Waals surface area contributed by atoms with E-state index in [2.05, 4.69) is 31.2 Å². The smallest absolute Gasteiger partial charge is 0.412 e. The van der Waals surface area contributed by atoms with Crippen LogP contribution >= 0.6 is 11.3 Å². The number of ether oxygens (including phenoxy) is 4. The molecule has 5 heterocycles. The Morgan fingerprint density at radius 3 is 2.72 bits per heavy atom. The largest absolute Gasteiger partial charge is 0.463 e. The molecular formula is C33H34F2N6O5S. The molecule has 3 aromatic heterocycles. The molecule has 1 saturated heterocycles. The third kappa shape index (κ3) is 6.20. The third-order valence-electron chi connectivity index (χ3n) is 8.65. The molecule has 2 aliphatic heterocycles. The van der Waals surface area contributed by atoms with Gasteiger partial charge < -0.3 is 23.8 Å². The highest BCUT2D eigenvalue weighted by Crippen LogP contribution is 2.48. The van der Waals surface area contributed by atoms with Gasteiger partial charge in [0.15, 0.2) is 11.6 Å². The highest BCUT2D eigenvalue weighted by Gasteiger charge is 2.45. The van der Waals surface area contributed by atoms with Crippen LogP contribution in [0.3, 0.4) is 0 Å². The summed E-state index contributed by atoms with van der Waals surface area (Å²) in [4.78, 5) is 28.2. The molecular weight excluding hydrogens is 630 g/mol. The van der Waals surface area contributed by atoms with Crippen molar-refractivity contribution in [1.29, 1.82) is 5.26 Å². The fraction of sp³-hybridized carbons (Fsp3) is 0.485. The second-order valence-electron chi connectivity index (χ2n) is 13.3. The minimum Gasteiger partial charge on any atom is -0.463 e. The maximum atomic E-state index is 16.8. The second kappa shape index (κ2) is 12.2. The van der Waals surface area contributed by atoms with Crippen LogP contribution in [0.4, 0.5) is 18.6 Å². The molecule has 4 aromatic rings. The summed E-state index contributed by atoms with van der Waals surface area (Å²) >= 11 is 0.853. The summed E-state index contributed by atoms with van der Waals surface area (Å²) in [5.74, 6) is -1.42. The number of nitriles is 1. The molecule has 1 saturated carbocycles. The number of rotatable bonds is 7. The lowest BCUT2D eigenvalue weighted by atomic mass is 9.94. The Morgan fingerprint density at radius 2 is 1.96 bits per heavy atom. The average Bonchev–Trinajstić information content (AvgIpc) is 3.56. The number of hydrogen-bond donors (Lipinski definition) is 1. The molecule has 2 fully saturated rings. The quantitative estimate of drug-likeness (QED) is 0.240. The summed E-state index contributed by atoms with van der Waals surface area (Å²) < 4.78 is 54.8. The zero-order chi connectivity index (χ0) is 32.9. The van der Waals surface area contributed by atoms with E-state index in [4.69, 9.17) is 18.9 Å². The van der Waals surface area contributed by atoms with Crippen molar-refractivity contribution in [3.8, 4) is 23.3 Å². The fourth-order valence-electron chi connectivity index (χ4n) is 6.24. The van der Waals surface area contributed by atoms with Crippen LogP contribution in [0, 0.1) is 28.4 Å². The Balaban J connectivity index is 1.26.